The van der Waals surface area contributed by atoms with Gasteiger partial charge >= 0.3 is 6.18 Å². The molecule has 9 heteroatoms. The third-order valence-electron chi connectivity index (χ3n) is 5.92. The Morgan fingerprint density at radius 1 is 1.29 bits per heavy atom. The molecule has 4 atom stereocenters. The van der Waals surface area contributed by atoms with Crippen molar-refractivity contribution in [1.82, 2.24) is 15.6 Å². The summed E-state index contributed by atoms with van der Waals surface area (Å²) in [7, 11) is 1.58. The largest absolute Gasteiger partial charge is 0.481 e. The molecular formula is C22H30F3N3O3. The summed E-state index contributed by atoms with van der Waals surface area (Å²) in [5, 5.41) is 5.88. The highest BCUT2D eigenvalue weighted by atomic mass is 19.4. The molecule has 1 aliphatic carbocycles. The topological polar surface area (TPSA) is 90.2 Å². The van der Waals surface area contributed by atoms with Crippen molar-refractivity contribution in [2.24, 2.45) is 11.3 Å². The van der Waals surface area contributed by atoms with Crippen LogP contribution in [0.2, 0.25) is 0 Å². The summed E-state index contributed by atoms with van der Waals surface area (Å²) in [5.41, 5.74) is 0.394. The second kappa shape index (κ2) is 8.41. The number of carbonyl (C=O) groups is 2. The molecule has 1 amide bonds. The Balaban J connectivity index is 1.72. The fourth-order valence-corrected chi connectivity index (χ4v) is 3.92. The average molecular weight is 441 g/mol. The zero-order valence-electron chi connectivity index (χ0n) is 18.5. The summed E-state index contributed by atoms with van der Waals surface area (Å²) in [6.45, 7) is 6.85. The predicted octanol–water partition coefficient (Wildman–Crippen LogP) is 3.61. The number of amides is 1. The Labute approximate surface area is 180 Å². The molecule has 1 saturated heterocycles. The van der Waals surface area contributed by atoms with E-state index in [9.17, 15) is 22.8 Å². The molecule has 1 aliphatic heterocycles. The van der Waals surface area contributed by atoms with Crippen molar-refractivity contribution in [3.8, 4) is 5.75 Å². The van der Waals surface area contributed by atoms with Crippen LogP contribution in [0, 0.1) is 11.3 Å². The fourth-order valence-electron chi connectivity index (χ4n) is 3.92. The average Bonchev–Trinajstić information content (AvgIpc) is 3.57. The first-order valence-electron chi connectivity index (χ1n) is 10.6. The number of ether oxygens (including phenoxy) is 1. The summed E-state index contributed by atoms with van der Waals surface area (Å²) in [6, 6.07) is 1.00. The number of nitrogens with zero attached hydrogens (tertiary/aromatic N) is 1. The molecule has 0 spiro atoms. The minimum Gasteiger partial charge on any atom is -0.481 e. The molecule has 2 N–H and O–H groups in total. The van der Waals surface area contributed by atoms with Crippen molar-refractivity contribution in [1.29, 1.82) is 0 Å². The maximum atomic E-state index is 13.0. The van der Waals surface area contributed by atoms with Crippen LogP contribution in [0.1, 0.15) is 68.9 Å². The van der Waals surface area contributed by atoms with Crippen molar-refractivity contribution in [2.75, 3.05) is 7.05 Å². The Morgan fingerprint density at radius 2 is 1.94 bits per heavy atom. The molecular weight excluding hydrogens is 411 g/mol. The van der Waals surface area contributed by atoms with E-state index >= 15 is 0 Å². The van der Waals surface area contributed by atoms with E-state index in [0.717, 1.165) is 19.8 Å². The number of carbonyl (C=O) groups excluding carboxylic acids is 2. The van der Waals surface area contributed by atoms with Gasteiger partial charge in [0.2, 0.25) is 5.91 Å². The minimum atomic E-state index is -4.50. The molecule has 0 aromatic carbocycles. The van der Waals surface area contributed by atoms with Crippen molar-refractivity contribution in [3.63, 3.8) is 0 Å². The number of nitrogens with one attached hydrogen (secondary N) is 2. The van der Waals surface area contributed by atoms with Gasteiger partial charge in [0.25, 0.3) is 0 Å². The number of ketones is 1. The Bertz CT molecular complexity index is 847. The van der Waals surface area contributed by atoms with Gasteiger partial charge in [-0.1, -0.05) is 20.8 Å². The fraction of sp³-hybridized carbons (Fsp3) is 0.682. The van der Waals surface area contributed by atoms with Crippen LogP contribution in [-0.2, 0) is 4.79 Å². The van der Waals surface area contributed by atoms with E-state index in [2.05, 4.69) is 15.6 Å². The Kier molecular flexibility index (Phi) is 6.37. The highest BCUT2D eigenvalue weighted by molar-refractivity contribution is 5.95. The Morgan fingerprint density at radius 3 is 2.45 bits per heavy atom. The maximum Gasteiger partial charge on any atom is 0.425 e. The Hall–Kier alpha value is -2.16. The molecule has 31 heavy (non-hydrogen) atoms. The molecule has 2 heterocycles. The standard InChI is InChI=1S/C22H30F3N3O3/c1-11(22(23,24)25)31-17-9-14(27-10-13(17)12-6-7-12)16(29)8-15-19(28-15)18(20(30)26-5)21(2,3)4/h9-12,15,18-19,28H,6-8H2,1-5H3,(H,26,30)/t11-,15?,18?,19+/m0/s1. The number of hydrogen-bond acceptors (Lipinski definition) is 5. The molecule has 2 unspecified atom stereocenters. The van der Waals surface area contributed by atoms with Gasteiger partial charge in [-0.05, 0) is 31.1 Å². The lowest BCUT2D eigenvalue weighted by molar-refractivity contribution is -0.189. The van der Waals surface area contributed by atoms with Gasteiger partial charge in [-0.3, -0.25) is 14.6 Å². The second-order valence-corrected chi connectivity index (χ2v) is 9.57. The normalized spacial score (nSPS) is 23.1. The number of hydrogen-bond donors (Lipinski definition) is 2. The lowest BCUT2D eigenvalue weighted by Crippen LogP contribution is -2.41. The van der Waals surface area contributed by atoms with Crippen molar-refractivity contribution >= 4 is 11.7 Å². The molecule has 1 aromatic heterocycles. The molecule has 1 aromatic rings. The van der Waals surface area contributed by atoms with E-state index in [1.807, 2.05) is 20.8 Å². The maximum absolute atomic E-state index is 13.0. The van der Waals surface area contributed by atoms with Crippen LogP contribution in [0.15, 0.2) is 12.3 Å². The first kappa shape index (κ1) is 23.5. The number of aromatic nitrogens is 1. The van der Waals surface area contributed by atoms with E-state index in [0.29, 0.717) is 5.56 Å². The third kappa shape index (κ3) is 5.56. The highest BCUT2D eigenvalue weighted by Crippen LogP contribution is 2.45. The van der Waals surface area contributed by atoms with Gasteiger partial charge in [0.05, 0.1) is 5.92 Å². The summed E-state index contributed by atoms with van der Waals surface area (Å²) in [5.74, 6) is -0.502. The lowest BCUT2D eigenvalue weighted by atomic mass is 9.76. The summed E-state index contributed by atoms with van der Waals surface area (Å²) < 4.78 is 44.1. The molecule has 3 rings (SSSR count). The summed E-state index contributed by atoms with van der Waals surface area (Å²) >= 11 is 0. The van der Waals surface area contributed by atoms with Crippen molar-refractivity contribution < 1.29 is 27.5 Å². The zero-order chi connectivity index (χ0) is 23.1. The number of rotatable bonds is 8. The van der Waals surface area contributed by atoms with Gasteiger partial charge in [0, 0.05) is 43.4 Å². The van der Waals surface area contributed by atoms with Crippen LogP contribution in [0.3, 0.4) is 0 Å². The van der Waals surface area contributed by atoms with Crippen LogP contribution in [0.25, 0.3) is 0 Å². The van der Waals surface area contributed by atoms with Crippen LogP contribution in [0.5, 0.6) is 5.75 Å². The van der Waals surface area contributed by atoms with Crippen LogP contribution < -0.4 is 15.4 Å². The monoisotopic (exact) mass is 441 g/mol. The van der Waals surface area contributed by atoms with Crippen LogP contribution in [0.4, 0.5) is 13.2 Å². The SMILES string of the molecule is CNC(=O)C([C@@H]1NC1CC(=O)c1cc(O[C@@H](C)C(F)(F)F)c(C2CC2)cn1)C(C)(C)C. The van der Waals surface area contributed by atoms with Gasteiger partial charge in [0.15, 0.2) is 11.9 Å². The molecule has 172 valence electrons. The first-order chi connectivity index (χ1) is 14.3. The number of Topliss-reactive ketones (excluding diaryl/α,β-unsaturated/α-hetero) is 1. The van der Waals surface area contributed by atoms with E-state index in [-0.39, 0.29) is 58.9 Å². The van der Waals surface area contributed by atoms with Crippen molar-refractivity contribution in [2.45, 2.75) is 77.2 Å². The van der Waals surface area contributed by atoms with E-state index in [4.69, 9.17) is 4.74 Å². The van der Waals surface area contributed by atoms with Gasteiger partial charge in [0.1, 0.15) is 11.4 Å². The summed E-state index contributed by atoms with van der Waals surface area (Å²) in [4.78, 5) is 29.3. The molecule has 6 nitrogen and oxygen atoms in total. The summed E-state index contributed by atoms with van der Waals surface area (Å²) in [6.07, 6.45) is -3.17. The molecule has 2 fully saturated rings. The van der Waals surface area contributed by atoms with Gasteiger partial charge in [-0.2, -0.15) is 13.2 Å². The van der Waals surface area contributed by atoms with Gasteiger partial charge < -0.3 is 15.4 Å². The van der Waals surface area contributed by atoms with E-state index < -0.39 is 12.3 Å². The molecule has 0 bridgehead atoms. The molecule has 0 radical (unpaired) electrons. The number of halogens is 3. The zero-order valence-corrected chi connectivity index (χ0v) is 18.5. The number of alkyl halides is 3. The van der Waals surface area contributed by atoms with E-state index in [1.54, 1.807) is 7.05 Å². The number of pyridine rings is 1. The van der Waals surface area contributed by atoms with Crippen LogP contribution >= 0.6 is 0 Å². The minimum absolute atomic E-state index is 0.0731. The second-order valence-electron chi connectivity index (χ2n) is 9.57. The quantitative estimate of drug-likeness (QED) is 0.475. The highest BCUT2D eigenvalue weighted by Gasteiger charge is 2.50. The third-order valence-corrected chi connectivity index (χ3v) is 5.92. The molecule has 2 aliphatic rings. The van der Waals surface area contributed by atoms with Gasteiger partial charge in [-0.15, -0.1) is 0 Å². The molecule has 1 saturated carbocycles. The van der Waals surface area contributed by atoms with Gasteiger partial charge in [-0.25, -0.2) is 0 Å². The predicted molar refractivity (Wildman–Crippen MR) is 109 cm³/mol. The first-order valence-corrected chi connectivity index (χ1v) is 10.6. The smallest absolute Gasteiger partial charge is 0.425 e. The van der Waals surface area contributed by atoms with E-state index in [1.165, 1.54) is 12.3 Å². The van der Waals surface area contributed by atoms with Crippen LogP contribution in [-0.4, -0.2) is 48.1 Å². The van der Waals surface area contributed by atoms with Crippen molar-refractivity contribution in [3.05, 3.63) is 23.5 Å². The lowest BCUT2D eigenvalue weighted by Gasteiger charge is -2.28.